The van der Waals surface area contributed by atoms with Gasteiger partial charge < -0.3 is 19.5 Å². The van der Waals surface area contributed by atoms with Gasteiger partial charge in [-0.2, -0.15) is 0 Å². The normalized spacial score (nSPS) is 16.2. The first-order valence-corrected chi connectivity index (χ1v) is 9.71. The molecule has 4 aromatic rings. The third-order valence-electron chi connectivity index (χ3n) is 4.90. The van der Waals surface area contributed by atoms with Crippen molar-refractivity contribution in [3.8, 4) is 0 Å². The van der Waals surface area contributed by atoms with E-state index in [0.29, 0.717) is 22.7 Å². The first kappa shape index (κ1) is 19.3. The molecule has 2 aromatic heterocycles. The summed E-state index contributed by atoms with van der Waals surface area (Å²) in [6.45, 7) is 0. The van der Waals surface area contributed by atoms with Gasteiger partial charge in [0.2, 0.25) is 0 Å². The molecule has 0 atom stereocenters. The van der Waals surface area contributed by atoms with Crippen molar-refractivity contribution in [2.45, 2.75) is 0 Å². The van der Waals surface area contributed by atoms with E-state index in [0.717, 1.165) is 22.5 Å². The van der Waals surface area contributed by atoms with E-state index in [2.05, 4.69) is 20.6 Å². The third-order valence-corrected chi connectivity index (χ3v) is 4.90. The van der Waals surface area contributed by atoms with Gasteiger partial charge in [0.15, 0.2) is 12.8 Å². The Balaban J connectivity index is 0.000000135. The van der Waals surface area contributed by atoms with Crippen molar-refractivity contribution in [3.63, 3.8) is 0 Å². The number of para-hydroxylation sites is 2. The number of carbonyl (C=O) groups is 2. The fraction of sp³-hybridized carbons (Fsp3) is 0. The van der Waals surface area contributed by atoms with E-state index in [1.807, 2.05) is 48.5 Å². The van der Waals surface area contributed by atoms with E-state index in [-0.39, 0.29) is 11.8 Å². The van der Waals surface area contributed by atoms with Gasteiger partial charge in [-0.15, -0.1) is 0 Å². The van der Waals surface area contributed by atoms with Crippen LogP contribution in [0.3, 0.4) is 0 Å². The van der Waals surface area contributed by atoms with Crippen LogP contribution in [0.1, 0.15) is 22.6 Å². The molecule has 0 saturated heterocycles. The molecule has 0 fully saturated rings. The number of hydrogen-bond donors (Lipinski definition) is 2. The van der Waals surface area contributed by atoms with Crippen LogP contribution >= 0.6 is 0 Å². The van der Waals surface area contributed by atoms with E-state index in [9.17, 15) is 9.59 Å². The standard InChI is InChI=1S/2C12H8N2O2/c2*15-12-10(5-8-6-13-7-16-8)9-3-1-2-4-11(9)14-12/h2*1-7H,(H,14,15). The number of anilines is 2. The first-order valence-electron chi connectivity index (χ1n) is 9.71. The summed E-state index contributed by atoms with van der Waals surface area (Å²) in [5, 5.41) is 5.58. The van der Waals surface area contributed by atoms with Gasteiger partial charge in [-0.3, -0.25) is 9.59 Å². The summed E-state index contributed by atoms with van der Waals surface area (Å²) in [5.41, 5.74) is 4.66. The number of nitrogens with zero attached hydrogens (tertiary/aromatic N) is 2. The lowest BCUT2D eigenvalue weighted by Crippen LogP contribution is -2.03. The van der Waals surface area contributed by atoms with E-state index in [1.54, 1.807) is 24.5 Å². The van der Waals surface area contributed by atoms with Crippen LogP contribution in [-0.4, -0.2) is 21.8 Å². The van der Waals surface area contributed by atoms with E-state index in [1.165, 1.54) is 12.8 Å². The van der Waals surface area contributed by atoms with Gasteiger partial charge in [0.05, 0.1) is 23.5 Å². The second-order valence-corrected chi connectivity index (χ2v) is 6.92. The van der Waals surface area contributed by atoms with Crippen LogP contribution in [0.15, 0.2) is 82.5 Å². The number of nitrogens with one attached hydrogen (secondary N) is 2. The number of rotatable bonds is 2. The van der Waals surface area contributed by atoms with Gasteiger partial charge in [0.25, 0.3) is 11.8 Å². The van der Waals surface area contributed by atoms with Crippen LogP contribution in [0.2, 0.25) is 0 Å². The Kier molecular flexibility index (Phi) is 4.93. The molecule has 156 valence electrons. The molecule has 0 saturated carbocycles. The Morgan fingerprint density at radius 2 is 1.09 bits per heavy atom. The number of oxazole rings is 2. The molecule has 0 spiro atoms. The highest BCUT2D eigenvalue weighted by atomic mass is 16.3. The lowest BCUT2D eigenvalue weighted by molar-refractivity contribution is -0.111. The van der Waals surface area contributed by atoms with Crippen LogP contribution in [0.4, 0.5) is 11.4 Å². The maximum atomic E-state index is 11.7. The van der Waals surface area contributed by atoms with Crippen molar-refractivity contribution >= 4 is 46.5 Å². The van der Waals surface area contributed by atoms with E-state index >= 15 is 0 Å². The predicted octanol–water partition coefficient (Wildman–Crippen LogP) is 4.33. The van der Waals surface area contributed by atoms with E-state index < -0.39 is 0 Å². The average Bonchev–Trinajstić information content (AvgIpc) is 3.59. The highest BCUT2D eigenvalue weighted by Crippen LogP contribution is 2.33. The Hall–Kier alpha value is -4.72. The zero-order valence-corrected chi connectivity index (χ0v) is 16.6. The smallest absolute Gasteiger partial charge is 0.256 e. The predicted molar refractivity (Wildman–Crippen MR) is 119 cm³/mol. The van der Waals surface area contributed by atoms with Crippen molar-refractivity contribution in [1.82, 2.24) is 9.97 Å². The fourth-order valence-corrected chi connectivity index (χ4v) is 3.44. The molecular formula is C24H16N4O4. The van der Waals surface area contributed by atoms with Gasteiger partial charge >= 0.3 is 0 Å². The molecule has 2 aliphatic rings. The van der Waals surface area contributed by atoms with Crippen LogP contribution in [-0.2, 0) is 9.59 Å². The molecule has 8 nitrogen and oxygen atoms in total. The molecule has 0 unspecified atom stereocenters. The molecular weight excluding hydrogens is 408 g/mol. The summed E-state index contributed by atoms with van der Waals surface area (Å²) in [6.07, 6.45) is 9.20. The number of amides is 2. The fourth-order valence-electron chi connectivity index (χ4n) is 3.44. The monoisotopic (exact) mass is 424 g/mol. The topological polar surface area (TPSA) is 110 Å². The number of aromatic nitrogens is 2. The Morgan fingerprint density at radius 3 is 1.50 bits per heavy atom. The molecule has 2 amide bonds. The van der Waals surface area contributed by atoms with Crippen molar-refractivity contribution < 1.29 is 18.4 Å². The second kappa shape index (κ2) is 8.19. The highest BCUT2D eigenvalue weighted by molar-refractivity contribution is 6.35. The van der Waals surface area contributed by atoms with E-state index in [4.69, 9.17) is 8.83 Å². The number of hydrogen-bond acceptors (Lipinski definition) is 6. The van der Waals surface area contributed by atoms with Crippen molar-refractivity contribution in [2.24, 2.45) is 0 Å². The maximum Gasteiger partial charge on any atom is 0.256 e. The second-order valence-electron chi connectivity index (χ2n) is 6.92. The molecule has 2 N–H and O–H groups in total. The first-order chi connectivity index (χ1) is 15.7. The summed E-state index contributed by atoms with van der Waals surface area (Å²) >= 11 is 0. The third kappa shape index (κ3) is 3.72. The average molecular weight is 424 g/mol. The molecule has 2 aliphatic heterocycles. The minimum atomic E-state index is -0.113. The van der Waals surface area contributed by atoms with Crippen molar-refractivity contribution in [2.75, 3.05) is 10.6 Å². The van der Waals surface area contributed by atoms with Crippen LogP contribution in [0.25, 0.3) is 23.3 Å². The summed E-state index contributed by atoms with van der Waals surface area (Å²) < 4.78 is 10.2. The molecule has 0 radical (unpaired) electrons. The molecule has 6 rings (SSSR count). The lowest BCUT2D eigenvalue weighted by atomic mass is 10.1. The molecule has 4 heterocycles. The SMILES string of the molecule is O=C1Nc2ccccc2C1=Cc1cnco1.O=C1Nc2ccccc2C1=Cc1cnco1. The highest BCUT2D eigenvalue weighted by Gasteiger charge is 2.24. The van der Waals surface area contributed by atoms with Gasteiger partial charge in [-0.05, 0) is 24.3 Å². The van der Waals surface area contributed by atoms with Gasteiger partial charge in [0, 0.05) is 22.5 Å². The van der Waals surface area contributed by atoms with Crippen LogP contribution in [0.5, 0.6) is 0 Å². The van der Waals surface area contributed by atoms with Crippen LogP contribution in [0, 0.1) is 0 Å². The van der Waals surface area contributed by atoms with Crippen molar-refractivity contribution in [1.29, 1.82) is 0 Å². The summed E-state index contributed by atoms with van der Waals surface area (Å²) in [5.74, 6) is 0.916. The number of fused-ring (bicyclic) bond motifs is 2. The largest absolute Gasteiger partial charge is 0.444 e. The van der Waals surface area contributed by atoms with Crippen LogP contribution < -0.4 is 10.6 Å². The zero-order chi connectivity index (χ0) is 21.9. The number of benzene rings is 2. The number of carbonyl (C=O) groups excluding carboxylic acids is 2. The molecule has 8 heteroatoms. The Morgan fingerprint density at radius 1 is 0.656 bits per heavy atom. The zero-order valence-electron chi connectivity index (χ0n) is 16.6. The molecule has 2 aromatic carbocycles. The maximum absolute atomic E-state index is 11.7. The van der Waals surface area contributed by atoms with Gasteiger partial charge in [-0.25, -0.2) is 9.97 Å². The van der Waals surface area contributed by atoms with Gasteiger partial charge in [-0.1, -0.05) is 36.4 Å². The Labute approximate surface area is 182 Å². The molecule has 32 heavy (non-hydrogen) atoms. The minimum absolute atomic E-state index is 0.113. The van der Waals surface area contributed by atoms with Gasteiger partial charge in [0.1, 0.15) is 11.5 Å². The summed E-state index contributed by atoms with van der Waals surface area (Å²) in [7, 11) is 0. The molecule has 0 bridgehead atoms. The quantitative estimate of drug-likeness (QED) is 0.463. The summed E-state index contributed by atoms with van der Waals surface area (Å²) in [4.78, 5) is 31.0. The van der Waals surface area contributed by atoms with Crippen molar-refractivity contribution in [3.05, 3.63) is 96.4 Å². The molecule has 0 aliphatic carbocycles. The Bertz CT molecular complexity index is 1250. The summed E-state index contributed by atoms with van der Waals surface area (Å²) in [6, 6.07) is 15.1. The minimum Gasteiger partial charge on any atom is -0.444 e. The lowest BCUT2D eigenvalue weighted by Gasteiger charge is -1.95.